The molecule has 25 heavy (non-hydrogen) atoms. The quantitative estimate of drug-likeness (QED) is 0.661. The Hall–Kier alpha value is -1.66. The van der Waals surface area contributed by atoms with Crippen molar-refractivity contribution >= 4 is 20.1 Å². The average molecular weight is 365 g/mol. The molecule has 1 atom stereocenters. The summed E-state index contributed by atoms with van der Waals surface area (Å²) >= 11 is 0. The number of nitrogens with two attached hydrogens (primary N) is 1. The third-order valence-corrected chi connectivity index (χ3v) is 9.38. The van der Waals surface area contributed by atoms with Gasteiger partial charge in [0.2, 0.25) is 11.8 Å². The number of carbonyl (C=O) groups is 2. The van der Waals surface area contributed by atoms with Crippen LogP contribution < -0.4 is 11.1 Å². The van der Waals surface area contributed by atoms with E-state index >= 15 is 0 Å². The molecule has 0 spiro atoms. The highest BCUT2D eigenvalue weighted by Crippen LogP contribution is 2.36. The van der Waals surface area contributed by atoms with Gasteiger partial charge in [-0.25, -0.2) is 0 Å². The van der Waals surface area contributed by atoms with Crippen molar-refractivity contribution in [3.05, 3.63) is 35.9 Å². The molecule has 0 radical (unpaired) electrons. The number of aryl methyl sites for hydroxylation is 1. The van der Waals surface area contributed by atoms with Crippen molar-refractivity contribution in [2.75, 3.05) is 6.61 Å². The predicted octanol–water partition coefficient (Wildman–Crippen LogP) is 3.00. The van der Waals surface area contributed by atoms with Crippen LogP contribution in [-0.4, -0.2) is 32.8 Å². The highest BCUT2D eigenvalue weighted by atomic mass is 28.4. The number of hydrogen-bond donors (Lipinski definition) is 2. The lowest BCUT2D eigenvalue weighted by molar-refractivity contribution is -0.127. The highest BCUT2D eigenvalue weighted by molar-refractivity contribution is 6.74. The van der Waals surface area contributed by atoms with Crippen LogP contribution in [0.2, 0.25) is 18.1 Å². The second-order valence-electron chi connectivity index (χ2n) is 7.91. The van der Waals surface area contributed by atoms with Gasteiger partial charge in [-0.1, -0.05) is 51.1 Å². The number of benzene rings is 1. The standard InChI is InChI=1S/C19H32N2O3Si/c1-19(2,3)25(4,5)24-14-13-16(18(20)23)21-17(22)12-11-15-9-7-6-8-10-15/h6-10,16H,11-14H2,1-5H3,(H2,20,23)(H,21,22)/t16-/m1/s1. The molecular formula is C19H32N2O3Si. The van der Waals surface area contributed by atoms with Crippen LogP contribution in [-0.2, 0) is 20.4 Å². The highest BCUT2D eigenvalue weighted by Gasteiger charge is 2.37. The average Bonchev–Trinajstić information content (AvgIpc) is 2.51. The van der Waals surface area contributed by atoms with E-state index in [1.165, 1.54) is 0 Å². The summed E-state index contributed by atoms with van der Waals surface area (Å²) in [7, 11) is -1.87. The van der Waals surface area contributed by atoms with Crippen LogP contribution in [0, 0.1) is 0 Å². The van der Waals surface area contributed by atoms with Crippen molar-refractivity contribution in [3.8, 4) is 0 Å². The van der Waals surface area contributed by atoms with Gasteiger partial charge >= 0.3 is 0 Å². The van der Waals surface area contributed by atoms with Gasteiger partial charge in [0.15, 0.2) is 8.32 Å². The molecule has 1 aromatic carbocycles. The fraction of sp³-hybridized carbons (Fsp3) is 0.579. The summed E-state index contributed by atoms with van der Waals surface area (Å²) in [6.45, 7) is 11.2. The lowest BCUT2D eigenvalue weighted by atomic mass is 10.1. The van der Waals surface area contributed by atoms with Crippen LogP contribution in [0.5, 0.6) is 0 Å². The molecule has 1 aromatic rings. The largest absolute Gasteiger partial charge is 0.417 e. The summed E-state index contributed by atoms with van der Waals surface area (Å²) in [6.07, 6.45) is 1.37. The van der Waals surface area contributed by atoms with Crippen molar-refractivity contribution in [2.45, 2.75) is 64.2 Å². The van der Waals surface area contributed by atoms with Crippen molar-refractivity contribution in [1.82, 2.24) is 5.32 Å². The minimum Gasteiger partial charge on any atom is -0.417 e. The van der Waals surface area contributed by atoms with Gasteiger partial charge in [0, 0.05) is 13.0 Å². The van der Waals surface area contributed by atoms with Gasteiger partial charge in [-0.05, 0) is 36.5 Å². The van der Waals surface area contributed by atoms with E-state index in [4.69, 9.17) is 10.2 Å². The first kappa shape index (κ1) is 21.4. The Morgan fingerprint density at radius 1 is 1.20 bits per heavy atom. The molecule has 1 rings (SSSR count). The Labute approximate surface area is 152 Å². The number of rotatable bonds is 9. The fourth-order valence-electron chi connectivity index (χ4n) is 2.10. The maximum absolute atomic E-state index is 12.1. The van der Waals surface area contributed by atoms with Gasteiger partial charge in [0.1, 0.15) is 6.04 Å². The molecule has 0 heterocycles. The zero-order valence-corrected chi connectivity index (χ0v) is 17.1. The Kier molecular flexibility index (Phi) is 7.83. The molecule has 0 bridgehead atoms. The first-order valence-electron chi connectivity index (χ1n) is 8.79. The first-order chi connectivity index (χ1) is 11.5. The molecule has 3 N–H and O–H groups in total. The second-order valence-corrected chi connectivity index (χ2v) is 12.7. The monoisotopic (exact) mass is 364 g/mol. The van der Waals surface area contributed by atoms with Gasteiger partial charge in [-0.2, -0.15) is 0 Å². The van der Waals surface area contributed by atoms with E-state index in [1.54, 1.807) is 0 Å². The van der Waals surface area contributed by atoms with E-state index < -0.39 is 20.3 Å². The van der Waals surface area contributed by atoms with E-state index in [0.717, 1.165) is 5.56 Å². The number of amides is 2. The fourth-order valence-corrected chi connectivity index (χ4v) is 3.16. The number of nitrogens with one attached hydrogen (secondary N) is 1. The van der Waals surface area contributed by atoms with E-state index in [2.05, 4.69) is 39.2 Å². The Balaban J connectivity index is 2.46. The van der Waals surface area contributed by atoms with Crippen molar-refractivity contribution in [3.63, 3.8) is 0 Å². The molecule has 0 fully saturated rings. The zero-order chi connectivity index (χ0) is 19.1. The van der Waals surface area contributed by atoms with Crippen LogP contribution in [0.4, 0.5) is 0 Å². The predicted molar refractivity (Wildman–Crippen MR) is 104 cm³/mol. The Morgan fingerprint density at radius 2 is 1.80 bits per heavy atom. The van der Waals surface area contributed by atoms with Gasteiger partial charge in [-0.3, -0.25) is 9.59 Å². The number of carbonyl (C=O) groups excluding carboxylic acids is 2. The van der Waals surface area contributed by atoms with Crippen LogP contribution >= 0.6 is 0 Å². The summed E-state index contributed by atoms with van der Waals surface area (Å²) in [5.74, 6) is -0.688. The molecule has 0 aliphatic heterocycles. The smallest absolute Gasteiger partial charge is 0.240 e. The molecule has 6 heteroatoms. The topological polar surface area (TPSA) is 81.4 Å². The molecule has 2 amide bonds. The van der Waals surface area contributed by atoms with Gasteiger partial charge in [0.05, 0.1) is 0 Å². The van der Waals surface area contributed by atoms with Gasteiger partial charge in [0.25, 0.3) is 0 Å². The molecule has 0 aliphatic carbocycles. The molecule has 0 aromatic heterocycles. The van der Waals surface area contributed by atoms with Crippen LogP contribution in [0.15, 0.2) is 30.3 Å². The second kappa shape index (κ2) is 9.15. The third-order valence-electron chi connectivity index (χ3n) is 4.84. The van der Waals surface area contributed by atoms with Crippen molar-refractivity contribution in [2.24, 2.45) is 5.73 Å². The van der Waals surface area contributed by atoms with Crippen LogP contribution in [0.1, 0.15) is 39.2 Å². The Bertz CT molecular complexity index is 568. The molecule has 0 aliphatic rings. The number of primary amides is 1. The van der Waals surface area contributed by atoms with Crippen LogP contribution in [0.3, 0.4) is 0 Å². The number of hydrogen-bond acceptors (Lipinski definition) is 3. The van der Waals surface area contributed by atoms with E-state index in [9.17, 15) is 9.59 Å². The minimum atomic E-state index is -1.87. The molecule has 5 nitrogen and oxygen atoms in total. The summed E-state index contributed by atoms with van der Waals surface area (Å²) in [6, 6.07) is 9.09. The Morgan fingerprint density at radius 3 is 2.32 bits per heavy atom. The van der Waals surface area contributed by atoms with Crippen LogP contribution in [0.25, 0.3) is 0 Å². The van der Waals surface area contributed by atoms with Crippen molar-refractivity contribution in [1.29, 1.82) is 0 Å². The minimum absolute atomic E-state index is 0.105. The summed E-state index contributed by atoms with van der Waals surface area (Å²) in [4.78, 5) is 23.7. The maximum Gasteiger partial charge on any atom is 0.240 e. The molecule has 0 saturated carbocycles. The van der Waals surface area contributed by atoms with E-state index in [1.807, 2.05) is 30.3 Å². The van der Waals surface area contributed by atoms with Gasteiger partial charge < -0.3 is 15.5 Å². The summed E-state index contributed by atoms with van der Waals surface area (Å²) in [5.41, 5.74) is 6.52. The lowest BCUT2D eigenvalue weighted by Crippen LogP contribution is -2.47. The first-order valence-corrected chi connectivity index (χ1v) is 11.7. The molecule has 0 unspecified atom stereocenters. The summed E-state index contributed by atoms with van der Waals surface area (Å²) in [5, 5.41) is 2.84. The molecule has 140 valence electrons. The van der Waals surface area contributed by atoms with E-state index in [-0.39, 0.29) is 10.9 Å². The molecule has 0 saturated heterocycles. The zero-order valence-electron chi connectivity index (χ0n) is 16.1. The van der Waals surface area contributed by atoms with Crippen molar-refractivity contribution < 1.29 is 14.0 Å². The molecular weight excluding hydrogens is 332 g/mol. The SMILES string of the molecule is CC(C)(C)[Si](C)(C)OCC[C@@H](NC(=O)CCc1ccccc1)C(N)=O. The lowest BCUT2D eigenvalue weighted by Gasteiger charge is -2.36. The van der Waals surface area contributed by atoms with E-state index in [0.29, 0.717) is 25.9 Å². The third kappa shape index (κ3) is 7.40. The normalized spacial score (nSPS) is 13.3. The maximum atomic E-state index is 12.1. The van der Waals surface area contributed by atoms with Gasteiger partial charge in [-0.15, -0.1) is 0 Å². The summed E-state index contributed by atoms with van der Waals surface area (Å²) < 4.78 is 6.07.